The summed E-state index contributed by atoms with van der Waals surface area (Å²) >= 11 is 0. The van der Waals surface area contributed by atoms with Crippen LogP contribution in [0.25, 0.3) is 0 Å². The van der Waals surface area contributed by atoms with E-state index in [9.17, 15) is 9.90 Å². The van der Waals surface area contributed by atoms with Crippen LogP contribution in [0.1, 0.15) is 13.8 Å². The van der Waals surface area contributed by atoms with Crippen molar-refractivity contribution in [3.05, 3.63) is 0 Å². The lowest BCUT2D eigenvalue weighted by atomic mass is 9.69. The number of carboxylic acid groups (broad SMARTS) is 1. The zero-order valence-electron chi connectivity index (χ0n) is 7.96. The third-order valence-electron chi connectivity index (χ3n) is 3.59. The number of aliphatic carboxylic acids is 1. The first-order valence-corrected chi connectivity index (χ1v) is 4.59. The van der Waals surface area contributed by atoms with Crippen LogP contribution < -0.4 is 5.32 Å². The number of nitrogens with one attached hydrogen (secondary N) is 1. The van der Waals surface area contributed by atoms with Crippen molar-refractivity contribution in [2.45, 2.75) is 19.4 Å². The molecule has 4 nitrogen and oxygen atoms in total. The van der Waals surface area contributed by atoms with E-state index in [4.69, 9.17) is 4.74 Å². The van der Waals surface area contributed by atoms with Gasteiger partial charge in [0.15, 0.2) is 0 Å². The van der Waals surface area contributed by atoms with E-state index in [1.807, 2.05) is 13.8 Å². The minimum absolute atomic E-state index is 0.125. The lowest BCUT2D eigenvalue weighted by Gasteiger charge is -2.34. The number of rotatable bonds is 1. The lowest BCUT2D eigenvalue weighted by molar-refractivity contribution is -0.158. The molecule has 2 atom stereocenters. The first-order valence-electron chi connectivity index (χ1n) is 4.59. The highest BCUT2D eigenvalue weighted by Gasteiger charge is 2.63. The van der Waals surface area contributed by atoms with E-state index in [-0.39, 0.29) is 5.92 Å². The van der Waals surface area contributed by atoms with E-state index in [0.29, 0.717) is 13.2 Å². The Hall–Kier alpha value is -0.610. The largest absolute Gasteiger partial charge is 0.481 e. The molecule has 0 aromatic heterocycles. The Kier molecular flexibility index (Phi) is 1.69. The van der Waals surface area contributed by atoms with Gasteiger partial charge in [0.25, 0.3) is 0 Å². The van der Waals surface area contributed by atoms with Gasteiger partial charge in [-0.25, -0.2) is 0 Å². The monoisotopic (exact) mass is 185 g/mol. The van der Waals surface area contributed by atoms with Gasteiger partial charge in [0.1, 0.15) is 5.41 Å². The number of hydrogen-bond acceptors (Lipinski definition) is 3. The maximum absolute atomic E-state index is 11.3. The topological polar surface area (TPSA) is 58.6 Å². The molecule has 4 heteroatoms. The summed E-state index contributed by atoms with van der Waals surface area (Å²) in [5, 5.41) is 12.4. The molecule has 2 saturated heterocycles. The molecule has 2 fully saturated rings. The minimum Gasteiger partial charge on any atom is -0.481 e. The van der Waals surface area contributed by atoms with E-state index in [2.05, 4.69) is 5.32 Å². The molecule has 0 bridgehead atoms. The summed E-state index contributed by atoms with van der Waals surface area (Å²) in [6.07, 6.45) is 0. The molecule has 0 amide bonds. The average Bonchev–Trinajstić information content (AvgIpc) is 2.52. The summed E-state index contributed by atoms with van der Waals surface area (Å²) in [5.41, 5.74) is -1.26. The smallest absolute Gasteiger partial charge is 0.314 e. The average molecular weight is 185 g/mol. The van der Waals surface area contributed by atoms with Crippen LogP contribution in [0.4, 0.5) is 0 Å². The van der Waals surface area contributed by atoms with Gasteiger partial charge in [-0.2, -0.15) is 0 Å². The van der Waals surface area contributed by atoms with Crippen LogP contribution in [-0.4, -0.2) is 36.4 Å². The third-order valence-corrected chi connectivity index (χ3v) is 3.59. The van der Waals surface area contributed by atoms with Gasteiger partial charge in [-0.3, -0.25) is 4.79 Å². The third kappa shape index (κ3) is 0.901. The first kappa shape index (κ1) is 8.97. The highest BCUT2D eigenvalue weighted by atomic mass is 16.5. The fourth-order valence-corrected chi connectivity index (χ4v) is 2.61. The summed E-state index contributed by atoms with van der Waals surface area (Å²) in [4.78, 5) is 11.3. The molecule has 0 aromatic carbocycles. The molecule has 0 aromatic rings. The Balaban J connectivity index is 2.43. The second kappa shape index (κ2) is 2.45. The molecule has 2 heterocycles. The van der Waals surface area contributed by atoms with Crippen LogP contribution in [0.2, 0.25) is 0 Å². The molecule has 0 saturated carbocycles. The molecule has 0 radical (unpaired) electrons. The molecule has 13 heavy (non-hydrogen) atoms. The Bertz CT molecular complexity index is 251. The predicted octanol–water partition coefficient (Wildman–Crippen LogP) is 0.0856. The Morgan fingerprint density at radius 1 is 1.62 bits per heavy atom. The van der Waals surface area contributed by atoms with Crippen LogP contribution in [0.3, 0.4) is 0 Å². The van der Waals surface area contributed by atoms with E-state index < -0.39 is 17.0 Å². The van der Waals surface area contributed by atoms with Crippen molar-refractivity contribution in [1.29, 1.82) is 0 Å². The van der Waals surface area contributed by atoms with Crippen molar-refractivity contribution in [2.75, 3.05) is 19.7 Å². The van der Waals surface area contributed by atoms with Gasteiger partial charge >= 0.3 is 5.97 Å². The molecule has 2 rings (SSSR count). The molecular formula is C9H15NO3. The molecule has 0 aliphatic carbocycles. The number of ether oxygens (including phenoxy) is 1. The van der Waals surface area contributed by atoms with Gasteiger partial charge in [-0.15, -0.1) is 0 Å². The number of carbonyl (C=O) groups is 1. The maximum atomic E-state index is 11.3. The second-order valence-electron chi connectivity index (χ2n) is 4.43. The van der Waals surface area contributed by atoms with Crippen molar-refractivity contribution >= 4 is 5.97 Å². The highest BCUT2D eigenvalue weighted by Crippen LogP contribution is 2.49. The zero-order valence-corrected chi connectivity index (χ0v) is 7.96. The molecule has 2 N–H and O–H groups in total. The van der Waals surface area contributed by atoms with Gasteiger partial charge in [-0.05, 0) is 13.8 Å². The van der Waals surface area contributed by atoms with Crippen LogP contribution in [0.15, 0.2) is 0 Å². The van der Waals surface area contributed by atoms with Crippen molar-refractivity contribution < 1.29 is 14.6 Å². The van der Waals surface area contributed by atoms with E-state index in [0.717, 1.165) is 6.54 Å². The summed E-state index contributed by atoms with van der Waals surface area (Å²) in [6.45, 7) is 5.59. The lowest BCUT2D eigenvalue weighted by Crippen LogP contribution is -2.50. The fraction of sp³-hybridized carbons (Fsp3) is 0.889. The van der Waals surface area contributed by atoms with Crippen LogP contribution in [0.5, 0.6) is 0 Å². The van der Waals surface area contributed by atoms with Crippen molar-refractivity contribution in [3.63, 3.8) is 0 Å². The summed E-state index contributed by atoms with van der Waals surface area (Å²) in [7, 11) is 0. The Morgan fingerprint density at radius 3 is 2.85 bits per heavy atom. The molecule has 0 spiro atoms. The first-order chi connectivity index (χ1) is 6.01. The molecule has 2 aliphatic heterocycles. The number of hydrogen-bond donors (Lipinski definition) is 2. The summed E-state index contributed by atoms with van der Waals surface area (Å²) in [5.74, 6) is -0.606. The Labute approximate surface area is 77.3 Å². The van der Waals surface area contributed by atoms with Gasteiger partial charge in [0.05, 0.1) is 12.2 Å². The van der Waals surface area contributed by atoms with Gasteiger partial charge in [-0.1, -0.05) is 0 Å². The van der Waals surface area contributed by atoms with Crippen LogP contribution in [0, 0.1) is 11.3 Å². The van der Waals surface area contributed by atoms with Gasteiger partial charge < -0.3 is 15.2 Å². The second-order valence-corrected chi connectivity index (χ2v) is 4.43. The van der Waals surface area contributed by atoms with Gasteiger partial charge in [0.2, 0.25) is 0 Å². The van der Waals surface area contributed by atoms with Crippen molar-refractivity contribution in [2.24, 2.45) is 11.3 Å². The normalized spacial score (nSPS) is 41.8. The van der Waals surface area contributed by atoms with E-state index in [1.54, 1.807) is 0 Å². The van der Waals surface area contributed by atoms with E-state index in [1.165, 1.54) is 0 Å². The predicted molar refractivity (Wildman–Crippen MR) is 46.5 cm³/mol. The molecule has 2 aliphatic rings. The molecule has 74 valence electrons. The van der Waals surface area contributed by atoms with Crippen molar-refractivity contribution in [1.82, 2.24) is 5.32 Å². The molecular weight excluding hydrogens is 170 g/mol. The van der Waals surface area contributed by atoms with Crippen LogP contribution in [-0.2, 0) is 9.53 Å². The minimum atomic E-state index is -0.731. The Morgan fingerprint density at radius 2 is 2.31 bits per heavy atom. The molecule has 2 unspecified atom stereocenters. The van der Waals surface area contributed by atoms with Crippen molar-refractivity contribution in [3.8, 4) is 0 Å². The van der Waals surface area contributed by atoms with Crippen LogP contribution >= 0.6 is 0 Å². The number of fused-ring (bicyclic) bond motifs is 1. The summed E-state index contributed by atoms with van der Waals surface area (Å²) in [6, 6.07) is 0. The summed E-state index contributed by atoms with van der Waals surface area (Å²) < 4.78 is 5.55. The maximum Gasteiger partial charge on any atom is 0.314 e. The standard InChI is InChI=1S/C9H15NO3/c1-8(2)9(7(11)12)5-10-3-6(9)4-13-8/h6,10H,3-5H2,1-2H3,(H,11,12). The fourth-order valence-electron chi connectivity index (χ4n) is 2.61. The van der Waals surface area contributed by atoms with Gasteiger partial charge in [0, 0.05) is 19.0 Å². The quantitative estimate of drug-likeness (QED) is 0.607. The zero-order chi connectivity index (χ0) is 9.69. The highest BCUT2D eigenvalue weighted by molar-refractivity contribution is 5.78. The van der Waals surface area contributed by atoms with E-state index >= 15 is 0 Å². The SMILES string of the molecule is CC1(C)OCC2CNCC21C(=O)O. The number of carboxylic acids is 1.